The molecule has 0 fully saturated rings. The van der Waals surface area contributed by atoms with Crippen LogP contribution in [0.5, 0.6) is 0 Å². The molecule has 0 spiro atoms. The molecule has 0 aliphatic carbocycles. The Morgan fingerprint density at radius 2 is 1.82 bits per heavy atom. The summed E-state index contributed by atoms with van der Waals surface area (Å²) in [4.78, 5) is 0. The first kappa shape index (κ1) is 11.0. The fourth-order valence-electron chi connectivity index (χ4n) is 0.744. The zero-order valence-electron chi connectivity index (χ0n) is 8.31. The highest BCUT2D eigenvalue weighted by molar-refractivity contribution is 4.70. The summed E-state index contributed by atoms with van der Waals surface area (Å²) in [5.41, 5.74) is 0.201. The van der Waals surface area contributed by atoms with E-state index in [9.17, 15) is 0 Å². The van der Waals surface area contributed by atoms with Crippen molar-refractivity contribution >= 4 is 0 Å². The van der Waals surface area contributed by atoms with Gasteiger partial charge >= 0.3 is 0 Å². The third-order valence-corrected chi connectivity index (χ3v) is 1.30. The molecule has 0 amide bonds. The van der Waals surface area contributed by atoms with E-state index < -0.39 is 0 Å². The molecule has 67 valence electrons. The van der Waals surface area contributed by atoms with Crippen LogP contribution in [0.15, 0.2) is 0 Å². The molecule has 0 aliphatic heterocycles. The van der Waals surface area contributed by atoms with Crippen LogP contribution in [0.2, 0.25) is 0 Å². The van der Waals surface area contributed by atoms with E-state index in [-0.39, 0.29) is 5.41 Å². The Morgan fingerprint density at radius 1 is 1.18 bits per heavy atom. The predicted molar refractivity (Wildman–Crippen MR) is 49.2 cm³/mol. The van der Waals surface area contributed by atoms with Gasteiger partial charge in [-0.05, 0) is 11.8 Å². The van der Waals surface area contributed by atoms with E-state index in [2.05, 4.69) is 27.7 Å². The Bertz CT molecular complexity index is 81.4. The monoisotopic (exact) mass is 157 g/mol. The second-order valence-electron chi connectivity index (χ2n) is 4.06. The van der Waals surface area contributed by atoms with Crippen molar-refractivity contribution in [2.45, 2.75) is 47.0 Å². The Hall–Kier alpha value is -0.0400. The van der Waals surface area contributed by atoms with Gasteiger partial charge in [-0.15, -0.1) is 0 Å². The quantitative estimate of drug-likeness (QED) is 0.556. The Labute approximate surface area is 71.1 Å². The van der Waals surface area contributed by atoms with E-state index in [4.69, 9.17) is 4.74 Å². The maximum absolute atomic E-state index is 5.38. The molecule has 1 nitrogen and oxygen atoms in total. The molecule has 11 heavy (non-hydrogen) atoms. The third kappa shape index (κ3) is 9.96. The molecule has 0 rings (SSSR count). The van der Waals surface area contributed by atoms with Crippen molar-refractivity contribution in [1.29, 1.82) is 0 Å². The van der Waals surface area contributed by atoms with Crippen molar-refractivity contribution in [3.05, 3.63) is 6.61 Å². The van der Waals surface area contributed by atoms with Gasteiger partial charge in [-0.1, -0.05) is 40.5 Å². The van der Waals surface area contributed by atoms with Gasteiger partial charge in [0.1, 0.15) is 0 Å². The maximum Gasteiger partial charge on any atom is 0.0889 e. The molecular weight excluding hydrogens is 136 g/mol. The van der Waals surface area contributed by atoms with Crippen molar-refractivity contribution < 1.29 is 4.74 Å². The highest BCUT2D eigenvalue weighted by atomic mass is 16.5. The number of hydrogen-bond acceptors (Lipinski definition) is 1. The largest absolute Gasteiger partial charge is 0.375 e. The summed E-state index contributed by atoms with van der Waals surface area (Å²) >= 11 is 0. The Kier molecular flexibility index (Phi) is 5.57. The third-order valence-electron chi connectivity index (χ3n) is 1.30. The topological polar surface area (TPSA) is 9.23 Å². The lowest BCUT2D eigenvalue weighted by molar-refractivity contribution is 0.135. The summed E-state index contributed by atoms with van der Waals surface area (Å²) in [6.07, 6.45) is 3.72. The van der Waals surface area contributed by atoms with Gasteiger partial charge in [-0.3, -0.25) is 0 Å². The molecule has 0 atom stereocenters. The van der Waals surface area contributed by atoms with Crippen LogP contribution in [0.3, 0.4) is 0 Å². The van der Waals surface area contributed by atoms with E-state index in [1.54, 1.807) is 0 Å². The second kappa shape index (κ2) is 5.59. The minimum absolute atomic E-state index is 0.201. The lowest BCUT2D eigenvalue weighted by Crippen LogP contribution is -2.08. The Morgan fingerprint density at radius 3 is 2.27 bits per heavy atom. The van der Waals surface area contributed by atoms with Crippen molar-refractivity contribution in [2.24, 2.45) is 5.41 Å². The minimum Gasteiger partial charge on any atom is -0.375 e. The zero-order valence-corrected chi connectivity index (χ0v) is 8.31. The van der Waals surface area contributed by atoms with Gasteiger partial charge in [-0.2, -0.15) is 0 Å². The SMILES string of the molecule is CCCCCO[CH]C(C)(C)C. The van der Waals surface area contributed by atoms with Gasteiger partial charge in [0, 0.05) is 6.61 Å². The number of unbranched alkanes of at least 4 members (excludes halogenated alkanes) is 2. The highest BCUT2D eigenvalue weighted by Crippen LogP contribution is 2.17. The lowest BCUT2D eigenvalue weighted by atomic mass is 9.99. The van der Waals surface area contributed by atoms with Crippen LogP contribution in [0.4, 0.5) is 0 Å². The second-order valence-corrected chi connectivity index (χ2v) is 4.06. The number of rotatable bonds is 5. The van der Waals surface area contributed by atoms with Crippen LogP contribution in [-0.4, -0.2) is 6.61 Å². The van der Waals surface area contributed by atoms with Crippen molar-refractivity contribution in [2.75, 3.05) is 6.61 Å². The van der Waals surface area contributed by atoms with Crippen molar-refractivity contribution in [3.63, 3.8) is 0 Å². The number of ether oxygens (including phenoxy) is 1. The smallest absolute Gasteiger partial charge is 0.0889 e. The average molecular weight is 157 g/mol. The van der Waals surface area contributed by atoms with E-state index in [1.807, 2.05) is 6.61 Å². The van der Waals surface area contributed by atoms with Crippen molar-refractivity contribution in [3.8, 4) is 0 Å². The van der Waals surface area contributed by atoms with Crippen LogP contribution in [-0.2, 0) is 4.74 Å². The van der Waals surface area contributed by atoms with Crippen LogP contribution < -0.4 is 0 Å². The molecule has 0 bridgehead atoms. The molecule has 0 unspecified atom stereocenters. The van der Waals surface area contributed by atoms with Gasteiger partial charge in [0.15, 0.2) is 0 Å². The minimum atomic E-state index is 0.201. The first-order valence-electron chi connectivity index (χ1n) is 4.52. The average Bonchev–Trinajstić information content (AvgIpc) is 1.85. The summed E-state index contributed by atoms with van der Waals surface area (Å²) < 4.78 is 5.38. The lowest BCUT2D eigenvalue weighted by Gasteiger charge is -2.16. The van der Waals surface area contributed by atoms with E-state index >= 15 is 0 Å². The summed E-state index contributed by atoms with van der Waals surface area (Å²) in [6, 6.07) is 0. The Balaban J connectivity index is 3.02. The molecule has 0 N–H and O–H groups in total. The van der Waals surface area contributed by atoms with E-state index in [1.165, 1.54) is 19.3 Å². The predicted octanol–water partition coefficient (Wildman–Crippen LogP) is 3.40. The van der Waals surface area contributed by atoms with Crippen LogP contribution >= 0.6 is 0 Å². The normalized spacial score (nSPS) is 12.0. The highest BCUT2D eigenvalue weighted by Gasteiger charge is 2.09. The van der Waals surface area contributed by atoms with Gasteiger partial charge in [0.25, 0.3) is 0 Å². The molecule has 0 heterocycles. The number of hydrogen-bond donors (Lipinski definition) is 0. The summed E-state index contributed by atoms with van der Waals surface area (Å²) in [6.45, 7) is 11.5. The molecule has 0 aliphatic rings. The summed E-state index contributed by atoms with van der Waals surface area (Å²) in [5, 5.41) is 0. The first-order valence-corrected chi connectivity index (χ1v) is 4.52. The molecule has 1 heteroatoms. The molecule has 0 saturated carbocycles. The maximum atomic E-state index is 5.38. The van der Waals surface area contributed by atoms with Gasteiger partial charge in [0.2, 0.25) is 0 Å². The fraction of sp³-hybridized carbons (Fsp3) is 0.900. The molecule has 0 aromatic heterocycles. The summed E-state index contributed by atoms with van der Waals surface area (Å²) in [7, 11) is 0. The zero-order chi connectivity index (χ0) is 8.74. The van der Waals surface area contributed by atoms with Crippen LogP contribution in [0.25, 0.3) is 0 Å². The van der Waals surface area contributed by atoms with Crippen molar-refractivity contribution in [1.82, 2.24) is 0 Å². The first-order chi connectivity index (χ1) is 5.06. The molecule has 0 aromatic carbocycles. The fourth-order valence-corrected chi connectivity index (χ4v) is 0.744. The van der Waals surface area contributed by atoms with Gasteiger partial charge < -0.3 is 4.74 Å². The standard InChI is InChI=1S/C10H21O/c1-5-6-7-8-11-9-10(2,3)4/h9H,5-8H2,1-4H3. The molecular formula is C10H21O. The van der Waals surface area contributed by atoms with Crippen LogP contribution in [0, 0.1) is 12.0 Å². The molecule has 0 aromatic rings. The molecule has 1 radical (unpaired) electrons. The van der Waals surface area contributed by atoms with Crippen LogP contribution in [0.1, 0.15) is 47.0 Å². The van der Waals surface area contributed by atoms with E-state index in [0.717, 1.165) is 6.61 Å². The molecule has 0 saturated heterocycles. The van der Waals surface area contributed by atoms with E-state index in [0.29, 0.717) is 0 Å². The van der Waals surface area contributed by atoms with Gasteiger partial charge in [-0.25, -0.2) is 0 Å². The van der Waals surface area contributed by atoms with Gasteiger partial charge in [0.05, 0.1) is 6.61 Å². The summed E-state index contributed by atoms with van der Waals surface area (Å²) in [5.74, 6) is 0.